The second-order valence-corrected chi connectivity index (χ2v) is 4.16. The molecule has 0 aromatic heterocycles. The van der Waals surface area contributed by atoms with Gasteiger partial charge in [-0.25, -0.2) is 9.18 Å². The largest absolute Gasteiger partial charge is 0.461 e. The summed E-state index contributed by atoms with van der Waals surface area (Å²) in [4.78, 5) is 27.6. The number of hydrogen-bond donors (Lipinski definition) is 0. The minimum Gasteiger partial charge on any atom is -0.461 e. The molecule has 1 aliphatic rings. The molecule has 1 aliphatic carbocycles. The first-order valence-corrected chi connectivity index (χ1v) is 6.12. The highest BCUT2D eigenvalue weighted by Gasteiger charge is 2.28. The van der Waals surface area contributed by atoms with Gasteiger partial charge in [0, 0.05) is 6.92 Å². The Morgan fingerprint density at radius 1 is 1.33 bits per heavy atom. The smallest absolute Gasteiger partial charge is 0.364 e. The molecule has 0 saturated heterocycles. The summed E-state index contributed by atoms with van der Waals surface area (Å²) < 4.78 is 18.1. The number of carbonyl (C=O) groups excluding carboxylic acids is 2. The summed E-state index contributed by atoms with van der Waals surface area (Å²) in [6.07, 6.45) is 0.867. The Bertz CT molecular complexity index is 343. The normalized spacial score (nSPS) is 24.5. The van der Waals surface area contributed by atoms with Crippen LogP contribution in [0.5, 0.6) is 0 Å². The number of alkyl halides is 1. The molecule has 0 spiro atoms. The molecule has 18 heavy (non-hydrogen) atoms. The van der Waals surface area contributed by atoms with Crippen LogP contribution in [0.1, 0.15) is 39.5 Å². The number of halogens is 1. The van der Waals surface area contributed by atoms with Crippen molar-refractivity contribution in [2.75, 3.05) is 6.61 Å². The van der Waals surface area contributed by atoms with Crippen molar-refractivity contribution < 1.29 is 23.6 Å². The second-order valence-electron chi connectivity index (χ2n) is 4.16. The first-order chi connectivity index (χ1) is 8.56. The van der Waals surface area contributed by atoms with E-state index in [1.54, 1.807) is 6.92 Å². The number of nitrogens with zero attached hydrogens (tertiary/aromatic N) is 1. The zero-order valence-corrected chi connectivity index (χ0v) is 10.6. The van der Waals surface area contributed by atoms with Crippen LogP contribution in [0.25, 0.3) is 0 Å². The van der Waals surface area contributed by atoms with E-state index in [9.17, 15) is 14.0 Å². The van der Waals surface area contributed by atoms with Crippen molar-refractivity contribution in [2.45, 2.75) is 51.8 Å². The van der Waals surface area contributed by atoms with Gasteiger partial charge in [0.1, 0.15) is 6.17 Å². The Balaban J connectivity index is 2.65. The van der Waals surface area contributed by atoms with Gasteiger partial charge < -0.3 is 9.57 Å². The topological polar surface area (TPSA) is 65.0 Å². The molecule has 1 saturated carbocycles. The lowest BCUT2D eigenvalue weighted by Crippen LogP contribution is -2.30. The average Bonchev–Trinajstić information content (AvgIpc) is 2.31. The van der Waals surface area contributed by atoms with Crippen molar-refractivity contribution in [3.05, 3.63) is 0 Å². The van der Waals surface area contributed by atoms with E-state index in [1.807, 2.05) is 0 Å². The third-order valence-corrected chi connectivity index (χ3v) is 2.70. The van der Waals surface area contributed by atoms with Crippen LogP contribution in [-0.4, -0.2) is 36.3 Å². The summed E-state index contributed by atoms with van der Waals surface area (Å²) in [7, 11) is 0. The molecule has 0 aromatic rings. The van der Waals surface area contributed by atoms with E-state index < -0.39 is 29.7 Å². The molecule has 1 fully saturated rings. The number of Topliss-reactive ketones (excluding diaryl/α,β-unsaturated/α-hetero) is 1. The summed E-state index contributed by atoms with van der Waals surface area (Å²) in [6, 6.07) is 0. The summed E-state index contributed by atoms with van der Waals surface area (Å²) in [6.45, 7) is 2.95. The summed E-state index contributed by atoms with van der Waals surface area (Å²) in [5, 5.41) is 3.47. The Morgan fingerprint density at radius 3 is 2.56 bits per heavy atom. The highest BCUT2D eigenvalue weighted by molar-refractivity contribution is 6.63. The van der Waals surface area contributed by atoms with Crippen LogP contribution in [-0.2, 0) is 19.2 Å². The summed E-state index contributed by atoms with van der Waals surface area (Å²) in [5.74, 6) is -1.39. The first-order valence-electron chi connectivity index (χ1n) is 6.12. The molecule has 6 heteroatoms. The predicted molar refractivity (Wildman–Crippen MR) is 63.0 cm³/mol. The monoisotopic (exact) mass is 259 g/mol. The van der Waals surface area contributed by atoms with E-state index in [-0.39, 0.29) is 6.61 Å². The molecule has 1 rings (SSSR count). The van der Waals surface area contributed by atoms with Crippen LogP contribution in [0.3, 0.4) is 0 Å². The number of ketones is 1. The van der Waals surface area contributed by atoms with Crippen molar-refractivity contribution in [1.29, 1.82) is 0 Å². The highest BCUT2D eigenvalue weighted by atomic mass is 19.1. The second kappa shape index (κ2) is 7.08. The van der Waals surface area contributed by atoms with Crippen LogP contribution in [0.2, 0.25) is 0 Å². The van der Waals surface area contributed by atoms with Gasteiger partial charge >= 0.3 is 5.97 Å². The number of oxime groups is 1. The van der Waals surface area contributed by atoms with Gasteiger partial charge in [0.05, 0.1) is 6.61 Å². The van der Waals surface area contributed by atoms with E-state index in [4.69, 9.17) is 4.84 Å². The zero-order chi connectivity index (χ0) is 13.5. The maximum atomic E-state index is 13.5. The lowest BCUT2D eigenvalue weighted by molar-refractivity contribution is -0.136. The van der Waals surface area contributed by atoms with Crippen molar-refractivity contribution in [3.63, 3.8) is 0 Å². The Labute approximate surface area is 105 Å². The fourth-order valence-electron chi connectivity index (χ4n) is 1.74. The van der Waals surface area contributed by atoms with Gasteiger partial charge in [-0.3, -0.25) is 4.79 Å². The molecular formula is C12H18FNO4. The van der Waals surface area contributed by atoms with Crippen LogP contribution >= 0.6 is 0 Å². The van der Waals surface area contributed by atoms with Crippen molar-refractivity contribution in [2.24, 2.45) is 5.16 Å². The molecule has 5 nitrogen and oxygen atoms in total. The van der Waals surface area contributed by atoms with Gasteiger partial charge in [0.15, 0.2) is 11.9 Å². The molecule has 0 heterocycles. The molecule has 0 bridgehead atoms. The number of rotatable bonds is 5. The fraction of sp³-hybridized carbons (Fsp3) is 0.750. The Hall–Kier alpha value is -1.46. The maximum absolute atomic E-state index is 13.5. The quantitative estimate of drug-likeness (QED) is 0.327. The molecule has 0 amide bonds. The first kappa shape index (κ1) is 14.6. The average molecular weight is 259 g/mol. The van der Waals surface area contributed by atoms with Gasteiger partial charge in [0.25, 0.3) is 0 Å². The summed E-state index contributed by atoms with van der Waals surface area (Å²) in [5.41, 5.74) is -0.422. The number of esters is 1. The molecule has 0 N–H and O–H groups in total. The van der Waals surface area contributed by atoms with Crippen molar-refractivity contribution >= 4 is 17.5 Å². The molecule has 2 atom stereocenters. The van der Waals surface area contributed by atoms with E-state index >= 15 is 0 Å². The SMILES string of the molecule is CCOC(=O)C(=NO[C@@H]1CCCC[C@H]1F)C(C)=O. The lowest BCUT2D eigenvalue weighted by atomic mass is 9.96. The standard InChI is InChI=1S/C12H18FNO4/c1-3-17-12(16)11(8(2)15)14-18-10-7-5-4-6-9(10)13/h9-10H,3-7H2,1-2H3/t9-,10-/m1/s1. The number of carbonyl (C=O) groups is 2. The van der Waals surface area contributed by atoms with Gasteiger partial charge in [-0.1, -0.05) is 11.6 Å². The molecule has 0 aliphatic heterocycles. The van der Waals surface area contributed by atoms with Gasteiger partial charge in [-0.2, -0.15) is 0 Å². The van der Waals surface area contributed by atoms with Crippen LogP contribution < -0.4 is 0 Å². The number of hydrogen-bond acceptors (Lipinski definition) is 5. The van der Waals surface area contributed by atoms with E-state index in [1.165, 1.54) is 6.92 Å². The third-order valence-electron chi connectivity index (χ3n) is 2.70. The maximum Gasteiger partial charge on any atom is 0.364 e. The molecule has 102 valence electrons. The van der Waals surface area contributed by atoms with Crippen LogP contribution in [0, 0.1) is 0 Å². The molecule has 0 radical (unpaired) electrons. The van der Waals surface area contributed by atoms with Gasteiger partial charge in [-0.05, 0) is 26.2 Å². The highest BCUT2D eigenvalue weighted by Crippen LogP contribution is 2.23. The Kier molecular flexibility index (Phi) is 5.74. The van der Waals surface area contributed by atoms with E-state index in [0.29, 0.717) is 12.8 Å². The zero-order valence-electron chi connectivity index (χ0n) is 10.6. The predicted octanol–water partition coefficient (Wildman–Crippen LogP) is 1.79. The van der Waals surface area contributed by atoms with Crippen LogP contribution in [0.4, 0.5) is 4.39 Å². The minimum absolute atomic E-state index is 0.139. The fourth-order valence-corrected chi connectivity index (χ4v) is 1.74. The van der Waals surface area contributed by atoms with Gasteiger partial charge in [0.2, 0.25) is 5.71 Å². The van der Waals surface area contributed by atoms with E-state index in [0.717, 1.165) is 12.8 Å². The summed E-state index contributed by atoms with van der Waals surface area (Å²) >= 11 is 0. The molecule has 0 unspecified atom stereocenters. The van der Waals surface area contributed by atoms with Gasteiger partial charge in [-0.15, -0.1) is 0 Å². The lowest BCUT2D eigenvalue weighted by Gasteiger charge is -2.23. The van der Waals surface area contributed by atoms with Crippen molar-refractivity contribution in [1.82, 2.24) is 0 Å². The third kappa shape index (κ3) is 4.09. The van der Waals surface area contributed by atoms with Crippen LogP contribution in [0.15, 0.2) is 5.16 Å². The molecule has 0 aromatic carbocycles. The van der Waals surface area contributed by atoms with E-state index in [2.05, 4.69) is 9.89 Å². The number of ether oxygens (including phenoxy) is 1. The van der Waals surface area contributed by atoms with Crippen molar-refractivity contribution in [3.8, 4) is 0 Å². The molecular weight excluding hydrogens is 241 g/mol. The Morgan fingerprint density at radius 2 is 2.00 bits per heavy atom. The minimum atomic E-state index is -1.10.